The molecule has 3 aromatic rings. The molecule has 0 radical (unpaired) electrons. The van der Waals surface area contributed by atoms with E-state index in [1.807, 2.05) is 73.0 Å². The van der Waals surface area contributed by atoms with Gasteiger partial charge in [-0.15, -0.1) is 0 Å². The number of amides is 2. The van der Waals surface area contributed by atoms with E-state index in [1.54, 1.807) is 4.90 Å². The van der Waals surface area contributed by atoms with Gasteiger partial charge in [-0.3, -0.25) is 14.5 Å². The van der Waals surface area contributed by atoms with Crippen LogP contribution in [0.15, 0.2) is 54.6 Å². The van der Waals surface area contributed by atoms with E-state index in [0.717, 1.165) is 42.3 Å². The van der Waals surface area contributed by atoms with E-state index in [-0.39, 0.29) is 17.9 Å². The Labute approximate surface area is 207 Å². The molecule has 0 saturated heterocycles. The second-order valence-electron chi connectivity index (χ2n) is 10.0. The van der Waals surface area contributed by atoms with Crippen molar-refractivity contribution >= 4 is 28.4 Å². The molecule has 1 aliphatic heterocycles. The molecular weight excluding hydrogens is 438 g/mol. The number of aromatic nitrogens is 1. The van der Waals surface area contributed by atoms with Crippen molar-refractivity contribution in [3.63, 3.8) is 0 Å². The Bertz CT molecular complexity index is 1210. The molecule has 2 amide bonds. The van der Waals surface area contributed by atoms with Gasteiger partial charge in [0.2, 0.25) is 5.91 Å². The summed E-state index contributed by atoms with van der Waals surface area (Å²) in [7, 11) is 0. The van der Waals surface area contributed by atoms with Gasteiger partial charge in [0.05, 0.1) is 13.2 Å². The monoisotopic (exact) mass is 473 g/mol. The zero-order valence-electron chi connectivity index (χ0n) is 20.8. The Morgan fingerprint density at radius 1 is 1.03 bits per heavy atom. The number of nitrogens with zero attached hydrogens (tertiary/aromatic N) is 2. The fourth-order valence-corrected chi connectivity index (χ4v) is 5.65. The molecule has 2 aliphatic rings. The second kappa shape index (κ2) is 9.76. The van der Waals surface area contributed by atoms with Crippen LogP contribution in [0.25, 0.3) is 10.9 Å². The first-order valence-corrected chi connectivity index (χ1v) is 13.0. The van der Waals surface area contributed by atoms with Crippen LogP contribution >= 0.6 is 0 Å². The largest absolute Gasteiger partial charge is 0.494 e. The van der Waals surface area contributed by atoms with Crippen molar-refractivity contribution in [1.82, 2.24) is 9.88 Å². The van der Waals surface area contributed by atoms with Crippen LogP contribution in [-0.4, -0.2) is 34.6 Å². The predicted molar refractivity (Wildman–Crippen MR) is 139 cm³/mol. The minimum absolute atomic E-state index is 0.0891. The molecule has 184 valence electrons. The first-order chi connectivity index (χ1) is 17.0. The highest BCUT2D eigenvalue weighted by Crippen LogP contribution is 2.36. The van der Waals surface area contributed by atoms with Gasteiger partial charge in [0.15, 0.2) is 0 Å². The first-order valence-electron chi connectivity index (χ1n) is 13.0. The van der Waals surface area contributed by atoms with Gasteiger partial charge in [0.25, 0.3) is 5.91 Å². The quantitative estimate of drug-likeness (QED) is 0.518. The Morgan fingerprint density at radius 2 is 1.71 bits per heavy atom. The predicted octanol–water partition coefficient (Wildman–Crippen LogP) is 5.69. The summed E-state index contributed by atoms with van der Waals surface area (Å²) < 4.78 is 7.62. The van der Waals surface area contributed by atoms with Crippen LogP contribution < -0.4 is 15.0 Å². The number of carbonyl (C=O) groups is 2. The van der Waals surface area contributed by atoms with E-state index in [9.17, 15) is 9.59 Å². The van der Waals surface area contributed by atoms with E-state index in [4.69, 9.17) is 4.74 Å². The lowest BCUT2D eigenvalue weighted by Crippen LogP contribution is -2.65. The molecule has 1 N–H and O–H groups in total. The number of fused-ring (bicyclic) bond motifs is 3. The summed E-state index contributed by atoms with van der Waals surface area (Å²) in [6.07, 6.45) is 7.98. The van der Waals surface area contributed by atoms with Gasteiger partial charge in [-0.25, -0.2) is 0 Å². The number of hydrogen-bond acceptors (Lipinski definition) is 3. The highest BCUT2D eigenvalue weighted by Gasteiger charge is 2.49. The lowest BCUT2D eigenvalue weighted by atomic mass is 9.91. The summed E-state index contributed by atoms with van der Waals surface area (Å²) in [4.78, 5) is 29.7. The molecule has 6 nitrogen and oxygen atoms in total. The van der Waals surface area contributed by atoms with Crippen LogP contribution in [0, 0.1) is 0 Å². The molecule has 1 aromatic heterocycles. The third-order valence-electron chi connectivity index (χ3n) is 7.53. The van der Waals surface area contributed by atoms with Crippen LogP contribution in [-0.2, 0) is 11.3 Å². The minimum atomic E-state index is -1.07. The van der Waals surface area contributed by atoms with Gasteiger partial charge in [-0.2, -0.15) is 0 Å². The van der Waals surface area contributed by atoms with Crippen molar-refractivity contribution in [3.8, 4) is 5.75 Å². The molecule has 1 saturated carbocycles. The maximum Gasteiger partial charge on any atom is 0.275 e. The number of benzene rings is 2. The van der Waals surface area contributed by atoms with Crippen LogP contribution in [0.4, 0.5) is 5.69 Å². The fraction of sp³-hybridized carbons (Fsp3) is 0.448. The van der Waals surface area contributed by atoms with E-state index >= 15 is 0 Å². The van der Waals surface area contributed by atoms with Crippen LogP contribution in [0.3, 0.4) is 0 Å². The van der Waals surface area contributed by atoms with Crippen LogP contribution in [0.1, 0.15) is 69.3 Å². The van der Waals surface area contributed by atoms with Gasteiger partial charge in [0, 0.05) is 22.6 Å². The Morgan fingerprint density at radius 3 is 2.43 bits per heavy atom. The third-order valence-corrected chi connectivity index (χ3v) is 7.53. The van der Waals surface area contributed by atoms with Gasteiger partial charge in [-0.05, 0) is 63.1 Å². The molecule has 5 rings (SSSR count). The van der Waals surface area contributed by atoms with Crippen LogP contribution in [0.2, 0.25) is 0 Å². The Balaban J connectivity index is 1.54. The van der Waals surface area contributed by atoms with E-state index < -0.39 is 5.54 Å². The van der Waals surface area contributed by atoms with Crippen LogP contribution in [0.5, 0.6) is 5.75 Å². The molecule has 1 fully saturated rings. The van der Waals surface area contributed by atoms with Crippen molar-refractivity contribution in [2.24, 2.45) is 0 Å². The average Bonchev–Trinajstić information content (AvgIpc) is 3.20. The topological polar surface area (TPSA) is 63.6 Å². The highest BCUT2D eigenvalue weighted by atomic mass is 16.5. The molecule has 35 heavy (non-hydrogen) atoms. The van der Waals surface area contributed by atoms with Gasteiger partial charge in [0.1, 0.15) is 17.0 Å². The second-order valence-corrected chi connectivity index (χ2v) is 10.0. The first kappa shape index (κ1) is 23.5. The normalized spacial score (nSPS) is 21.3. The standard InChI is InChI=1S/C29H35N3O3/c1-3-35-24-17-15-23(16-18-24)32-27(33)26-19-21-11-9-10-14-25(21)31(26)20-29(32,2)28(34)30-22-12-7-5-4-6-8-13-22/h9-11,14-19,22H,3-8,12-13,20H2,1-2H3,(H,30,34)/t29-/m0/s1. The highest BCUT2D eigenvalue weighted by molar-refractivity contribution is 6.14. The maximum atomic E-state index is 14.0. The molecule has 0 unspecified atom stereocenters. The van der Waals surface area contributed by atoms with Crippen molar-refractivity contribution in [1.29, 1.82) is 0 Å². The third kappa shape index (κ3) is 4.42. The Hall–Kier alpha value is -3.28. The Kier molecular flexibility index (Phi) is 6.54. The number of para-hydroxylation sites is 1. The van der Waals surface area contributed by atoms with Crippen molar-refractivity contribution in [2.75, 3.05) is 11.5 Å². The maximum absolute atomic E-state index is 14.0. The summed E-state index contributed by atoms with van der Waals surface area (Å²) in [5, 5.41) is 4.36. The molecule has 0 spiro atoms. The zero-order valence-corrected chi connectivity index (χ0v) is 20.8. The summed E-state index contributed by atoms with van der Waals surface area (Å²) in [5.74, 6) is 0.496. The average molecular weight is 474 g/mol. The van der Waals surface area contributed by atoms with Gasteiger partial charge >= 0.3 is 0 Å². The van der Waals surface area contributed by atoms with Gasteiger partial charge < -0.3 is 14.6 Å². The summed E-state index contributed by atoms with van der Waals surface area (Å²) in [5.41, 5.74) is 1.22. The zero-order chi connectivity index (χ0) is 24.4. The molecule has 1 aliphatic carbocycles. The van der Waals surface area contributed by atoms with E-state index in [0.29, 0.717) is 24.5 Å². The minimum Gasteiger partial charge on any atom is -0.494 e. The fourth-order valence-electron chi connectivity index (χ4n) is 5.65. The summed E-state index contributed by atoms with van der Waals surface area (Å²) in [6.45, 7) is 4.81. The smallest absolute Gasteiger partial charge is 0.275 e. The van der Waals surface area contributed by atoms with Gasteiger partial charge in [-0.1, -0.05) is 50.3 Å². The SMILES string of the molecule is CCOc1ccc(N2C(=O)c3cc4ccccc4n3C[C@@]2(C)C(=O)NC2CCCCCCC2)cc1. The lowest BCUT2D eigenvalue weighted by Gasteiger charge is -2.44. The van der Waals surface area contributed by atoms with Crippen molar-refractivity contribution in [2.45, 2.75) is 76.9 Å². The molecule has 0 bridgehead atoms. The van der Waals surface area contributed by atoms with E-state index in [1.165, 1.54) is 19.3 Å². The van der Waals surface area contributed by atoms with E-state index in [2.05, 4.69) is 5.32 Å². The summed E-state index contributed by atoms with van der Waals surface area (Å²) >= 11 is 0. The van der Waals surface area contributed by atoms with Crippen molar-refractivity contribution < 1.29 is 14.3 Å². The number of ether oxygens (including phenoxy) is 1. The number of carbonyl (C=O) groups excluding carboxylic acids is 2. The number of rotatable bonds is 5. The molecular formula is C29H35N3O3. The molecule has 2 aromatic carbocycles. The number of nitrogens with one attached hydrogen (secondary N) is 1. The van der Waals surface area contributed by atoms with Crippen molar-refractivity contribution in [3.05, 3.63) is 60.3 Å². The molecule has 1 atom stereocenters. The summed E-state index contributed by atoms with van der Waals surface area (Å²) in [6, 6.07) is 17.6. The molecule has 6 heteroatoms. The molecule has 2 heterocycles. The lowest BCUT2D eigenvalue weighted by molar-refractivity contribution is -0.127. The number of anilines is 1. The number of hydrogen-bond donors (Lipinski definition) is 1.